The maximum Gasteiger partial charge on any atom is 1.00 e. The molecular formula is C66H103BrLiO27Si-. The van der Waals surface area contributed by atoms with Crippen LogP contribution < -0.4 is 18.9 Å². The van der Waals surface area contributed by atoms with E-state index in [4.69, 9.17) is 52.5 Å². The van der Waals surface area contributed by atoms with E-state index in [1.807, 2.05) is 6.08 Å². The Labute approximate surface area is 587 Å². The van der Waals surface area contributed by atoms with Gasteiger partial charge < -0.3 is 77.0 Å². The van der Waals surface area contributed by atoms with E-state index >= 15 is 0 Å². The molecule has 96 heavy (non-hydrogen) atoms. The first-order valence-electron chi connectivity index (χ1n) is 30.3. The van der Waals surface area contributed by atoms with Crippen LogP contribution in [0.2, 0.25) is 25.7 Å². The summed E-state index contributed by atoms with van der Waals surface area (Å²) >= 11 is 3.08. The molecular weight excluding hydrogens is 1340 g/mol. The second-order valence-corrected chi connectivity index (χ2v) is 25.6. The fourth-order valence-electron chi connectivity index (χ4n) is 6.06. The van der Waals surface area contributed by atoms with Crippen LogP contribution in [0.3, 0.4) is 0 Å². The van der Waals surface area contributed by atoms with Gasteiger partial charge in [0.1, 0.15) is 6.10 Å². The average Bonchev–Trinajstić information content (AvgIpc) is 1.05. The number of hydrogen-bond acceptors (Lipinski definition) is 27. The van der Waals surface area contributed by atoms with E-state index in [2.05, 4.69) is 82.7 Å². The van der Waals surface area contributed by atoms with Crippen LogP contribution in [0.5, 0.6) is 0 Å². The number of carbonyl (C=O) groups is 11. The number of allylic oxidation sites excluding steroid dienone is 1. The monoisotopic (exact) mass is 1440 g/mol. The number of ketones is 1. The molecule has 5 unspecified atom stereocenters. The van der Waals surface area contributed by atoms with E-state index in [9.17, 15) is 57.5 Å². The van der Waals surface area contributed by atoms with E-state index in [-0.39, 0.29) is 124 Å². The maximum absolute atomic E-state index is 11.5. The van der Waals surface area contributed by atoms with Crippen molar-refractivity contribution in [3.63, 3.8) is 0 Å². The molecule has 5 atom stereocenters. The first-order chi connectivity index (χ1) is 44.5. The summed E-state index contributed by atoms with van der Waals surface area (Å²) in [5.74, 6) is -4.22. The molecule has 30 heteroatoms. The number of alkyl halides is 1. The number of esters is 9. The first kappa shape index (κ1) is 103. The van der Waals surface area contributed by atoms with Crippen molar-refractivity contribution in [3.05, 3.63) is 97.2 Å². The number of aliphatic hydroxyl groups excluding tert-OH is 1. The Hall–Kier alpha value is -6.79. The van der Waals surface area contributed by atoms with Gasteiger partial charge in [0.2, 0.25) is 6.29 Å². The molecule has 0 saturated carbocycles. The van der Waals surface area contributed by atoms with E-state index in [1.165, 1.54) is 19.0 Å². The third-order valence-electron chi connectivity index (χ3n) is 10.6. The fraction of sp³-hybridized carbons (Fsp3) is 0.576. The molecule has 3 aliphatic heterocycles. The Balaban J connectivity index is -0.000000192. The summed E-state index contributed by atoms with van der Waals surface area (Å²) in [4.78, 5) is 129. The number of Topliss-reactive ketones (excluding diaryl/α,β-unsaturated/α-hetero) is 1. The second kappa shape index (κ2) is 66.8. The zero-order chi connectivity index (χ0) is 73.0. The normalized spacial score (nSPS) is 15.0. The molecule has 0 aromatic heterocycles. The van der Waals surface area contributed by atoms with Crippen molar-refractivity contribution < 1.29 is 149 Å². The van der Waals surface area contributed by atoms with Crippen molar-refractivity contribution in [2.45, 2.75) is 158 Å². The van der Waals surface area contributed by atoms with E-state index in [1.54, 1.807) is 92.9 Å². The quantitative estimate of drug-likeness (QED) is 0.0117. The Morgan fingerprint density at radius 1 is 0.583 bits per heavy atom. The van der Waals surface area contributed by atoms with Gasteiger partial charge in [0.05, 0.1) is 108 Å². The van der Waals surface area contributed by atoms with Crippen LogP contribution in [0.15, 0.2) is 97.2 Å². The van der Waals surface area contributed by atoms with Gasteiger partial charge in [0, 0.05) is 38.2 Å². The van der Waals surface area contributed by atoms with Crippen LogP contribution in [0.4, 0.5) is 0 Å². The van der Waals surface area contributed by atoms with Crippen LogP contribution in [0.25, 0.3) is 0 Å². The van der Waals surface area contributed by atoms with Gasteiger partial charge in [0.15, 0.2) is 24.1 Å². The summed E-state index contributed by atoms with van der Waals surface area (Å²) in [6.45, 7) is 44.8. The van der Waals surface area contributed by atoms with Gasteiger partial charge in [0.25, 0.3) is 0 Å². The number of carbonyl (C=O) groups excluding carboxylic acids is 12. The number of hydrogen-bond donors (Lipinski definition) is 1. The van der Waals surface area contributed by atoms with Crippen LogP contribution in [-0.2, 0) is 119 Å². The number of rotatable bonds is 30. The smallest absolute Gasteiger partial charge is 0.870 e. The van der Waals surface area contributed by atoms with E-state index in [0.717, 1.165) is 0 Å². The van der Waals surface area contributed by atoms with Crippen LogP contribution in [-0.4, -0.2) is 212 Å². The zero-order valence-corrected chi connectivity index (χ0v) is 61.2. The fourth-order valence-corrected chi connectivity index (χ4v) is 7.16. The van der Waals surface area contributed by atoms with Crippen LogP contribution >= 0.6 is 15.9 Å². The maximum atomic E-state index is 11.5. The molecule has 542 valence electrons. The molecule has 0 amide bonds. The van der Waals surface area contributed by atoms with Gasteiger partial charge in [-0.25, -0.2) is 49.4 Å². The van der Waals surface area contributed by atoms with Crippen LogP contribution in [0, 0.1) is 0 Å². The summed E-state index contributed by atoms with van der Waals surface area (Å²) in [5, 5.41) is 9.38. The molecule has 0 aromatic rings. The molecule has 27 nitrogen and oxygen atoms in total. The third kappa shape index (κ3) is 56.4. The van der Waals surface area contributed by atoms with Gasteiger partial charge in [-0.3, -0.25) is 9.59 Å². The molecule has 2 N–H and O–H groups in total. The third-order valence-corrected chi connectivity index (χ3v) is 12.8. The number of aldehydes is 1. The van der Waals surface area contributed by atoms with Crippen molar-refractivity contribution in [3.8, 4) is 0 Å². The molecule has 3 rings (SSSR count). The minimum Gasteiger partial charge on any atom is -0.870 e. The molecule has 3 heterocycles. The Morgan fingerprint density at radius 3 is 1.28 bits per heavy atom. The topological polar surface area (TPSA) is 375 Å². The van der Waals surface area contributed by atoms with Crippen molar-refractivity contribution in [1.29, 1.82) is 0 Å². The molecule has 0 bridgehead atoms. The number of ether oxygens (including phenoxy) is 13. The molecule has 0 radical (unpaired) electrons. The summed E-state index contributed by atoms with van der Waals surface area (Å²) in [5.41, 5.74) is 2.06. The first-order valence-corrected chi connectivity index (χ1v) is 35.1. The SMILES string of the molecule is C=C(CBr)C(=O)OCC.C=CCC(O)C(=O)OCC.C=CCC(OCC(=C)C(=O)OCC)C(=O)OCC.C=CC[Si](C)(C)C.CCOC(=O)C1=CCC(C(=O)OCC)OC1.CCOC(=O)C1=CCC(C(C)=O)OC1.CCOC(=O)C1=CCC([C-]=O)OC1.CCOC(=O)C=O.[Li+].[OH-]. The second-order valence-electron chi connectivity index (χ2n) is 19.5. The van der Waals surface area contributed by atoms with E-state index in [0.29, 0.717) is 92.9 Å². The predicted octanol–water partition coefficient (Wildman–Crippen LogP) is 4.76. The van der Waals surface area contributed by atoms with Gasteiger partial charge in [-0.2, -0.15) is 0 Å². The largest absolute Gasteiger partial charge is 1.00 e. The molecule has 0 aliphatic carbocycles. The molecule has 0 fully saturated rings. The Bertz CT molecular complexity index is 2450. The summed E-state index contributed by atoms with van der Waals surface area (Å²) < 4.78 is 62.8. The van der Waals surface area contributed by atoms with Gasteiger partial charge >= 0.3 is 72.6 Å². The molecule has 0 saturated heterocycles. The van der Waals surface area contributed by atoms with Crippen molar-refractivity contribution in [1.82, 2.24) is 0 Å². The van der Waals surface area contributed by atoms with Gasteiger partial charge in [-0.15, -0.1) is 19.7 Å². The molecule has 0 aromatic carbocycles. The minimum absolute atomic E-state index is 0. The minimum atomic E-state index is -1.04. The van der Waals surface area contributed by atoms with Crippen molar-refractivity contribution in [2.24, 2.45) is 0 Å². The Morgan fingerprint density at radius 2 is 0.979 bits per heavy atom. The van der Waals surface area contributed by atoms with Gasteiger partial charge in [-0.05, 0) is 94.2 Å². The molecule has 0 spiro atoms. The zero-order valence-electron chi connectivity index (χ0n) is 58.6. The van der Waals surface area contributed by atoms with Gasteiger partial charge in [-0.1, -0.05) is 85.2 Å². The molecule has 3 aliphatic rings. The predicted molar refractivity (Wildman–Crippen MR) is 357 cm³/mol. The van der Waals surface area contributed by atoms with Crippen molar-refractivity contribution in [2.75, 3.05) is 91.2 Å². The summed E-state index contributed by atoms with van der Waals surface area (Å²) in [6.07, 6.45) is 10.4. The summed E-state index contributed by atoms with van der Waals surface area (Å²) in [6, 6.07) is 1.24. The summed E-state index contributed by atoms with van der Waals surface area (Å²) in [7, 11) is -0.775. The number of aliphatic hydroxyl groups is 1. The van der Waals surface area contributed by atoms with Crippen LogP contribution in [0.1, 0.15) is 101 Å². The van der Waals surface area contributed by atoms with Crippen molar-refractivity contribution >= 4 is 96.1 Å². The standard InChI is InChI=1S/C13H20O5.C11H16O5.C10H14O4.C9H11O4.C7H12O3.C6H9BrO2.C6H14Si.C4H6O3.Li.H2O/c1-5-8-11(13(15)17-7-3)18-9-10(4)12(14)16-6-2;1-3-14-10(12)8-5-6-9(16-7-8)11(13)15-4-2;1-3-13-10(12)8-4-5-9(7(2)11)14-6-8;1-2-12-9(11)7-3-4-8(5-10)13-6-7;1-3-5-6(8)7(9)10-4-2;1-3-9-6(8)5(2)4-7;1-5-6-7(2,3)4;1-2-7-4(6)3-5;;/h5,11H,1,4,6-9H2,2-3H3;5,9H,3-4,6-7H2,1-2H3;4,9H,3,5-6H2,1-2H3;3,8H,2,4,6H2,1H3;3,6,8H,1,4-5H2,2H3;2-4H2,1H3;5H,1,6H2,2-4H3;3H,2H2,1H3;;1H2/q;;;-1;;;;;+1;/p-1. The van der Waals surface area contributed by atoms with E-state index < -0.39 is 62.5 Å². The number of halogens is 1. The average molecular weight is 1440 g/mol. The Kier molecular flexibility index (Phi) is 71.5.